The van der Waals surface area contributed by atoms with E-state index in [4.69, 9.17) is 5.73 Å². The molecule has 104 valence electrons. The molecule has 2 fully saturated rings. The molecule has 1 atom stereocenters. The molecule has 2 amide bonds. The van der Waals surface area contributed by atoms with Crippen molar-refractivity contribution in [1.29, 1.82) is 0 Å². The molecule has 2 aliphatic carbocycles. The van der Waals surface area contributed by atoms with Gasteiger partial charge in [0.1, 0.15) is 0 Å². The van der Waals surface area contributed by atoms with Crippen molar-refractivity contribution >= 4 is 24.2 Å². The smallest absolute Gasteiger partial charge is 0.242 e. The molecule has 6 heteroatoms. The first-order valence-electron chi connectivity index (χ1n) is 6.41. The Morgan fingerprint density at radius 1 is 1.33 bits per heavy atom. The molecule has 0 radical (unpaired) electrons. The minimum Gasteiger partial charge on any atom is -0.346 e. The molecular weight excluding hydrogens is 254 g/mol. The number of nitrogens with one attached hydrogen (secondary N) is 1. The number of nitrogens with zero attached hydrogens (tertiary/aromatic N) is 1. The average molecular weight is 276 g/mol. The quantitative estimate of drug-likeness (QED) is 0.731. The molecule has 3 N–H and O–H groups in total. The Bertz CT molecular complexity index is 316. The van der Waals surface area contributed by atoms with Crippen LogP contribution in [-0.4, -0.2) is 41.9 Å². The Morgan fingerprint density at radius 2 is 1.94 bits per heavy atom. The van der Waals surface area contributed by atoms with Gasteiger partial charge < -0.3 is 16.0 Å². The van der Waals surface area contributed by atoms with Gasteiger partial charge in [-0.05, 0) is 38.5 Å². The summed E-state index contributed by atoms with van der Waals surface area (Å²) in [7, 11) is 0. The van der Waals surface area contributed by atoms with Crippen molar-refractivity contribution in [3.8, 4) is 0 Å². The molecule has 0 bridgehead atoms. The lowest BCUT2D eigenvalue weighted by molar-refractivity contribution is -0.135. The average Bonchev–Trinajstić information content (AvgIpc) is 3.17. The Kier molecular flexibility index (Phi) is 5.41. The summed E-state index contributed by atoms with van der Waals surface area (Å²) in [4.78, 5) is 25.1. The van der Waals surface area contributed by atoms with E-state index >= 15 is 0 Å². The molecular formula is C12H22ClN3O2. The van der Waals surface area contributed by atoms with Gasteiger partial charge in [0, 0.05) is 12.1 Å². The van der Waals surface area contributed by atoms with E-state index < -0.39 is 0 Å². The number of halogens is 1. The van der Waals surface area contributed by atoms with Crippen LogP contribution in [0, 0.1) is 5.92 Å². The third-order valence-electron chi connectivity index (χ3n) is 3.59. The maximum atomic E-state index is 12.1. The van der Waals surface area contributed by atoms with Crippen LogP contribution in [0.5, 0.6) is 0 Å². The molecule has 1 unspecified atom stereocenters. The molecule has 2 aliphatic rings. The number of rotatable bonds is 6. The van der Waals surface area contributed by atoms with Gasteiger partial charge in [0.15, 0.2) is 0 Å². The van der Waals surface area contributed by atoms with Crippen LogP contribution in [0.25, 0.3) is 0 Å². The van der Waals surface area contributed by atoms with Crippen molar-refractivity contribution in [3.63, 3.8) is 0 Å². The van der Waals surface area contributed by atoms with Crippen molar-refractivity contribution in [2.75, 3.05) is 13.1 Å². The lowest BCUT2D eigenvalue weighted by atomic mass is 10.1. The summed E-state index contributed by atoms with van der Waals surface area (Å²) in [6.45, 7) is 2.15. The van der Waals surface area contributed by atoms with Crippen molar-refractivity contribution < 1.29 is 9.59 Å². The lowest BCUT2D eigenvalue weighted by Crippen LogP contribution is -2.47. The molecule has 2 saturated carbocycles. The van der Waals surface area contributed by atoms with Crippen LogP contribution in [0.15, 0.2) is 0 Å². The Hall–Kier alpha value is -0.810. The maximum Gasteiger partial charge on any atom is 0.242 e. The summed E-state index contributed by atoms with van der Waals surface area (Å²) in [5.74, 6) is 0.437. The number of hydrogen-bond donors (Lipinski definition) is 2. The summed E-state index contributed by atoms with van der Waals surface area (Å²) in [5, 5.41) is 2.55. The Labute approximate surface area is 114 Å². The molecule has 0 aromatic rings. The number of nitrogens with two attached hydrogens (primary N) is 1. The molecule has 0 aliphatic heterocycles. The molecule has 0 aromatic heterocycles. The van der Waals surface area contributed by atoms with Gasteiger partial charge in [-0.3, -0.25) is 9.59 Å². The van der Waals surface area contributed by atoms with Crippen LogP contribution < -0.4 is 11.1 Å². The topological polar surface area (TPSA) is 75.4 Å². The standard InChI is InChI=1S/C12H21N3O2.ClH/c1-8(9-2-3-9)15(10-4-5-10)12(17)7-14-11(16)6-13;/h8-10H,2-7,13H2,1H3,(H,14,16);1H. The lowest BCUT2D eigenvalue weighted by Gasteiger charge is -2.29. The highest BCUT2D eigenvalue weighted by Crippen LogP contribution is 2.39. The zero-order valence-electron chi connectivity index (χ0n) is 10.7. The highest BCUT2D eigenvalue weighted by atomic mass is 35.5. The predicted octanol–water partition coefficient (Wildman–Crippen LogP) is 0.273. The van der Waals surface area contributed by atoms with Gasteiger partial charge in [-0.25, -0.2) is 0 Å². The number of carbonyl (C=O) groups is 2. The molecule has 0 aromatic carbocycles. The van der Waals surface area contributed by atoms with Crippen LogP contribution in [0.2, 0.25) is 0 Å². The second-order valence-corrected chi connectivity index (χ2v) is 5.09. The van der Waals surface area contributed by atoms with E-state index in [0.29, 0.717) is 18.0 Å². The summed E-state index contributed by atoms with van der Waals surface area (Å²) in [6.07, 6.45) is 4.67. The zero-order chi connectivity index (χ0) is 12.4. The Balaban J connectivity index is 0.00000162. The summed E-state index contributed by atoms with van der Waals surface area (Å²) in [6, 6.07) is 0.734. The van der Waals surface area contributed by atoms with E-state index in [0.717, 1.165) is 12.8 Å². The highest BCUT2D eigenvalue weighted by molar-refractivity contribution is 5.86. The molecule has 0 heterocycles. The van der Waals surface area contributed by atoms with Crippen LogP contribution in [0.1, 0.15) is 32.6 Å². The second kappa shape index (κ2) is 6.38. The van der Waals surface area contributed by atoms with Crippen molar-refractivity contribution in [2.24, 2.45) is 11.7 Å². The van der Waals surface area contributed by atoms with Crippen molar-refractivity contribution in [3.05, 3.63) is 0 Å². The van der Waals surface area contributed by atoms with Crippen LogP contribution in [0.4, 0.5) is 0 Å². The summed E-state index contributed by atoms with van der Waals surface area (Å²) < 4.78 is 0. The van der Waals surface area contributed by atoms with E-state index in [9.17, 15) is 9.59 Å². The fraction of sp³-hybridized carbons (Fsp3) is 0.833. The fourth-order valence-corrected chi connectivity index (χ4v) is 2.26. The van der Waals surface area contributed by atoms with Crippen LogP contribution in [0.3, 0.4) is 0 Å². The van der Waals surface area contributed by atoms with E-state index in [1.165, 1.54) is 12.8 Å². The largest absolute Gasteiger partial charge is 0.346 e. The summed E-state index contributed by atoms with van der Waals surface area (Å²) >= 11 is 0. The van der Waals surface area contributed by atoms with Crippen LogP contribution in [-0.2, 0) is 9.59 Å². The number of hydrogen-bond acceptors (Lipinski definition) is 3. The minimum absolute atomic E-state index is 0. The zero-order valence-corrected chi connectivity index (χ0v) is 11.5. The van der Waals surface area contributed by atoms with E-state index in [1.807, 2.05) is 4.90 Å². The third kappa shape index (κ3) is 3.85. The first-order chi connectivity index (χ1) is 8.13. The fourth-order valence-electron chi connectivity index (χ4n) is 2.26. The monoisotopic (exact) mass is 275 g/mol. The van der Waals surface area contributed by atoms with Gasteiger partial charge in [0.2, 0.25) is 11.8 Å². The Morgan fingerprint density at radius 3 is 2.39 bits per heavy atom. The minimum atomic E-state index is -0.270. The second-order valence-electron chi connectivity index (χ2n) is 5.09. The van der Waals surface area contributed by atoms with Crippen molar-refractivity contribution in [1.82, 2.24) is 10.2 Å². The van der Waals surface area contributed by atoms with E-state index in [2.05, 4.69) is 12.2 Å². The molecule has 0 saturated heterocycles. The predicted molar refractivity (Wildman–Crippen MR) is 71.4 cm³/mol. The first-order valence-corrected chi connectivity index (χ1v) is 6.41. The van der Waals surface area contributed by atoms with E-state index in [-0.39, 0.29) is 37.3 Å². The normalized spacial score (nSPS) is 19.7. The van der Waals surface area contributed by atoms with Crippen molar-refractivity contribution in [2.45, 2.75) is 44.7 Å². The summed E-state index contributed by atoms with van der Waals surface area (Å²) in [5.41, 5.74) is 5.19. The van der Waals surface area contributed by atoms with Gasteiger partial charge in [-0.1, -0.05) is 0 Å². The van der Waals surface area contributed by atoms with Gasteiger partial charge in [-0.2, -0.15) is 0 Å². The highest BCUT2D eigenvalue weighted by Gasteiger charge is 2.41. The van der Waals surface area contributed by atoms with Crippen LogP contribution >= 0.6 is 12.4 Å². The molecule has 2 rings (SSSR count). The van der Waals surface area contributed by atoms with Gasteiger partial charge in [-0.15, -0.1) is 12.4 Å². The SMILES string of the molecule is CC(C1CC1)N(C(=O)CNC(=O)CN)C1CC1.Cl. The third-order valence-corrected chi connectivity index (χ3v) is 3.59. The first kappa shape index (κ1) is 15.2. The molecule has 5 nitrogen and oxygen atoms in total. The van der Waals surface area contributed by atoms with E-state index in [1.54, 1.807) is 0 Å². The molecule has 0 spiro atoms. The molecule has 18 heavy (non-hydrogen) atoms. The van der Waals surface area contributed by atoms with Gasteiger partial charge in [0.25, 0.3) is 0 Å². The number of carbonyl (C=O) groups excluding carboxylic acids is 2. The van der Waals surface area contributed by atoms with Gasteiger partial charge in [0.05, 0.1) is 13.1 Å². The van der Waals surface area contributed by atoms with Gasteiger partial charge >= 0.3 is 0 Å². The number of amides is 2. The maximum absolute atomic E-state index is 12.1.